The first kappa shape index (κ1) is 22.0. The predicted molar refractivity (Wildman–Crippen MR) is 115 cm³/mol. The molecule has 158 valence electrons. The minimum absolute atomic E-state index is 0.132. The number of nitriles is 1. The zero-order valence-electron chi connectivity index (χ0n) is 16.4. The summed E-state index contributed by atoms with van der Waals surface area (Å²) >= 11 is 0.833. The van der Waals surface area contributed by atoms with Gasteiger partial charge in [0.05, 0.1) is 34.9 Å². The van der Waals surface area contributed by atoms with Gasteiger partial charge in [-0.15, -0.1) is 11.3 Å². The van der Waals surface area contributed by atoms with Gasteiger partial charge in [0.25, 0.3) is 10.0 Å². The van der Waals surface area contributed by atoms with E-state index in [1.165, 1.54) is 50.6 Å². The Morgan fingerprint density at radius 2 is 1.71 bits per heavy atom. The topological polar surface area (TPSA) is 125 Å². The van der Waals surface area contributed by atoms with Gasteiger partial charge in [0.1, 0.15) is 9.77 Å². The molecule has 0 fully saturated rings. The Morgan fingerprint density at radius 3 is 2.23 bits per heavy atom. The summed E-state index contributed by atoms with van der Waals surface area (Å²) in [6, 6.07) is 15.1. The molecule has 8 nitrogen and oxygen atoms in total. The minimum Gasteiger partial charge on any atom is -0.477 e. The van der Waals surface area contributed by atoms with Gasteiger partial charge in [-0.2, -0.15) is 5.26 Å². The van der Waals surface area contributed by atoms with E-state index in [9.17, 15) is 23.1 Å². The number of esters is 1. The number of rotatable bonds is 6. The lowest BCUT2D eigenvalue weighted by Gasteiger charge is -2.20. The number of carbonyl (C=O) groups excluding carboxylic acids is 1. The van der Waals surface area contributed by atoms with E-state index in [1.807, 2.05) is 6.07 Å². The summed E-state index contributed by atoms with van der Waals surface area (Å²) in [6.07, 6.45) is 0. The number of sulfonamides is 1. The highest BCUT2D eigenvalue weighted by atomic mass is 32.2. The minimum atomic E-state index is -4.14. The molecule has 0 radical (unpaired) electrons. The molecular formula is C21H16N2O6S2. The summed E-state index contributed by atoms with van der Waals surface area (Å²) in [6.45, 7) is 0. The van der Waals surface area contributed by atoms with Crippen molar-refractivity contribution in [2.45, 2.75) is 4.90 Å². The highest BCUT2D eigenvalue weighted by Gasteiger charge is 2.29. The first-order valence-electron chi connectivity index (χ1n) is 8.74. The van der Waals surface area contributed by atoms with Crippen molar-refractivity contribution in [3.05, 3.63) is 70.6 Å². The molecule has 0 saturated carbocycles. The molecule has 31 heavy (non-hydrogen) atoms. The van der Waals surface area contributed by atoms with Crippen molar-refractivity contribution in [2.75, 3.05) is 18.5 Å². The summed E-state index contributed by atoms with van der Waals surface area (Å²) in [5, 5.41) is 18.4. The van der Waals surface area contributed by atoms with Gasteiger partial charge in [-0.1, -0.05) is 12.1 Å². The van der Waals surface area contributed by atoms with E-state index in [1.54, 1.807) is 12.1 Å². The third-order valence-corrected chi connectivity index (χ3v) is 7.59. The normalized spacial score (nSPS) is 10.9. The zero-order chi connectivity index (χ0) is 22.8. The van der Waals surface area contributed by atoms with Gasteiger partial charge in [0, 0.05) is 7.05 Å². The standard InChI is InChI=1S/C21H16N2O6S2/c1-23(16-9-7-15(8-10-16)21(26)29-2)31(27,28)18-11-17(20(24)25)30-19(18)14-5-3-13(12-22)4-6-14/h3-11H,1-2H3,(H,24,25). The molecule has 3 aromatic rings. The second kappa shape index (κ2) is 8.59. The Labute approximate surface area is 182 Å². The van der Waals surface area contributed by atoms with Crippen molar-refractivity contribution in [3.8, 4) is 16.5 Å². The maximum absolute atomic E-state index is 13.4. The molecule has 0 aliphatic rings. The molecule has 0 atom stereocenters. The summed E-state index contributed by atoms with van der Waals surface area (Å²) in [7, 11) is -1.56. The van der Waals surface area contributed by atoms with Crippen LogP contribution >= 0.6 is 11.3 Å². The highest BCUT2D eigenvalue weighted by molar-refractivity contribution is 7.93. The first-order chi connectivity index (χ1) is 14.7. The largest absolute Gasteiger partial charge is 0.477 e. The molecule has 0 spiro atoms. The first-order valence-corrected chi connectivity index (χ1v) is 11.0. The van der Waals surface area contributed by atoms with E-state index in [-0.39, 0.29) is 25.9 Å². The smallest absolute Gasteiger partial charge is 0.345 e. The van der Waals surface area contributed by atoms with Crippen molar-refractivity contribution in [3.63, 3.8) is 0 Å². The number of hydrogen-bond acceptors (Lipinski definition) is 7. The van der Waals surface area contributed by atoms with Crippen LogP contribution in [0.4, 0.5) is 5.69 Å². The number of thiophene rings is 1. The van der Waals surface area contributed by atoms with E-state index in [0.29, 0.717) is 11.1 Å². The summed E-state index contributed by atoms with van der Waals surface area (Å²) in [5.41, 5.74) is 1.41. The second-order valence-corrected chi connectivity index (χ2v) is 9.30. The lowest BCUT2D eigenvalue weighted by molar-refractivity contribution is 0.0600. The van der Waals surface area contributed by atoms with E-state index in [0.717, 1.165) is 21.7 Å². The van der Waals surface area contributed by atoms with Gasteiger partial charge in [-0.3, -0.25) is 4.31 Å². The fourth-order valence-electron chi connectivity index (χ4n) is 2.78. The summed E-state index contributed by atoms with van der Waals surface area (Å²) in [4.78, 5) is 23.1. The van der Waals surface area contributed by atoms with Crippen LogP contribution < -0.4 is 4.31 Å². The van der Waals surface area contributed by atoms with Gasteiger partial charge < -0.3 is 9.84 Å². The summed E-state index contributed by atoms with van der Waals surface area (Å²) < 4.78 is 32.4. The molecule has 2 aromatic carbocycles. The highest BCUT2D eigenvalue weighted by Crippen LogP contribution is 2.38. The van der Waals surface area contributed by atoms with E-state index >= 15 is 0 Å². The number of carboxylic acid groups (broad SMARTS) is 1. The molecule has 1 heterocycles. The fraction of sp³-hybridized carbons (Fsp3) is 0.0952. The molecule has 0 amide bonds. The Balaban J connectivity index is 2.08. The maximum Gasteiger partial charge on any atom is 0.345 e. The third kappa shape index (κ3) is 4.28. The lowest BCUT2D eigenvalue weighted by atomic mass is 10.1. The fourth-order valence-corrected chi connectivity index (χ4v) is 5.51. The SMILES string of the molecule is COC(=O)c1ccc(N(C)S(=O)(=O)c2cc(C(=O)O)sc2-c2ccc(C#N)cc2)cc1. The quantitative estimate of drug-likeness (QED) is 0.562. The van der Waals surface area contributed by atoms with Crippen LogP contribution in [0.3, 0.4) is 0 Å². The van der Waals surface area contributed by atoms with Crippen LogP contribution in [0.1, 0.15) is 25.6 Å². The second-order valence-electron chi connectivity index (χ2n) is 6.31. The molecule has 1 N–H and O–H groups in total. The van der Waals surface area contributed by atoms with Crippen molar-refractivity contribution in [1.29, 1.82) is 5.26 Å². The lowest BCUT2D eigenvalue weighted by Crippen LogP contribution is -2.26. The van der Waals surface area contributed by atoms with Gasteiger partial charge in [-0.25, -0.2) is 18.0 Å². The number of methoxy groups -OCH3 is 1. The number of anilines is 1. The van der Waals surface area contributed by atoms with Gasteiger partial charge in [0.15, 0.2) is 0 Å². The Hall–Kier alpha value is -3.68. The molecule has 0 saturated heterocycles. The van der Waals surface area contributed by atoms with Crippen molar-refractivity contribution in [1.82, 2.24) is 0 Å². The molecular weight excluding hydrogens is 440 g/mol. The van der Waals surface area contributed by atoms with E-state index in [4.69, 9.17) is 5.26 Å². The van der Waals surface area contributed by atoms with Crippen LogP contribution in [0.2, 0.25) is 0 Å². The molecule has 10 heteroatoms. The zero-order valence-corrected chi connectivity index (χ0v) is 18.0. The van der Waals surface area contributed by atoms with Crippen LogP contribution in [0.5, 0.6) is 0 Å². The van der Waals surface area contributed by atoms with E-state index in [2.05, 4.69) is 4.74 Å². The Bertz CT molecular complexity index is 1290. The molecule has 0 aliphatic carbocycles. The van der Waals surface area contributed by atoms with Gasteiger partial charge in [0.2, 0.25) is 0 Å². The Kier molecular flexibility index (Phi) is 6.10. The van der Waals surface area contributed by atoms with Gasteiger partial charge >= 0.3 is 11.9 Å². The van der Waals surface area contributed by atoms with Crippen LogP contribution in [-0.2, 0) is 14.8 Å². The number of carboxylic acids is 1. The monoisotopic (exact) mass is 456 g/mol. The molecule has 0 unspecified atom stereocenters. The van der Waals surface area contributed by atoms with Crippen molar-refractivity contribution >= 4 is 39.0 Å². The number of nitrogens with zero attached hydrogens (tertiary/aromatic N) is 2. The number of aromatic carboxylic acids is 1. The molecule has 3 rings (SSSR count). The van der Waals surface area contributed by atoms with Crippen LogP contribution in [-0.4, -0.2) is 39.6 Å². The van der Waals surface area contributed by atoms with Crippen LogP contribution in [0, 0.1) is 11.3 Å². The van der Waals surface area contributed by atoms with Crippen molar-refractivity contribution in [2.24, 2.45) is 0 Å². The number of hydrogen-bond donors (Lipinski definition) is 1. The average Bonchev–Trinajstić information content (AvgIpc) is 3.25. The number of ether oxygens (including phenoxy) is 1. The Morgan fingerprint density at radius 1 is 1.10 bits per heavy atom. The van der Waals surface area contributed by atoms with E-state index < -0.39 is 22.0 Å². The average molecular weight is 457 g/mol. The molecule has 1 aromatic heterocycles. The third-order valence-electron chi connectivity index (χ3n) is 4.48. The molecule has 0 aliphatic heterocycles. The number of benzene rings is 2. The molecule has 0 bridgehead atoms. The maximum atomic E-state index is 13.4. The number of carbonyl (C=O) groups is 2. The van der Waals surface area contributed by atoms with Crippen LogP contribution in [0.15, 0.2) is 59.5 Å². The van der Waals surface area contributed by atoms with Crippen molar-refractivity contribution < 1.29 is 27.9 Å². The summed E-state index contributed by atoms with van der Waals surface area (Å²) in [5.74, 6) is -1.80. The predicted octanol–water partition coefficient (Wildman–Crippen LogP) is 3.60. The van der Waals surface area contributed by atoms with Gasteiger partial charge in [-0.05, 0) is 48.0 Å². The van der Waals surface area contributed by atoms with Crippen LogP contribution in [0.25, 0.3) is 10.4 Å².